The van der Waals surface area contributed by atoms with Gasteiger partial charge in [0.25, 0.3) is 0 Å². The molecule has 0 aromatic rings. The molecule has 0 aliphatic heterocycles. The first kappa shape index (κ1) is 28.5. The maximum Gasteiger partial charge on any atom is 0 e. The molecule has 1 aliphatic carbocycles. The van der Waals surface area contributed by atoms with E-state index in [0.717, 1.165) is 11.8 Å². The molecule has 1 radical (unpaired) electrons. The van der Waals surface area contributed by atoms with Gasteiger partial charge in [0.2, 0.25) is 0 Å². The van der Waals surface area contributed by atoms with Gasteiger partial charge in [0.1, 0.15) is 0 Å². The van der Waals surface area contributed by atoms with Crippen LogP contribution in [0.4, 0.5) is 0 Å². The van der Waals surface area contributed by atoms with Crippen molar-refractivity contribution >= 4 is 15.8 Å². The molecule has 165 valence electrons. The van der Waals surface area contributed by atoms with E-state index < -0.39 is 0 Å². The zero-order valence-electron chi connectivity index (χ0n) is 20.5. The van der Waals surface area contributed by atoms with Gasteiger partial charge in [0.05, 0.1) is 0 Å². The normalized spacial score (nSPS) is 22.9. The summed E-state index contributed by atoms with van der Waals surface area (Å²) in [5.74, 6) is 1.71. The van der Waals surface area contributed by atoms with E-state index in [1.165, 1.54) is 31.6 Å². The minimum Gasteiger partial charge on any atom is -0.322 e. The molecule has 0 amide bonds. The first-order chi connectivity index (χ1) is 11.4. The smallest absolute Gasteiger partial charge is 0 e. The van der Waals surface area contributed by atoms with Crippen molar-refractivity contribution in [1.82, 2.24) is 0 Å². The zero-order valence-corrected chi connectivity index (χ0v) is 24.7. The van der Waals surface area contributed by atoms with Crippen molar-refractivity contribution < 1.29 is 20.1 Å². The second-order valence-corrected chi connectivity index (χ2v) is 20.4. The molecule has 3 heteroatoms. The SMILES string of the molecule is CC(C)(C)P(CC1[CH-]C(CP(C(C)(C)C)C(C)(C)C)CCC1)C(C)(C)C.[Ir]. The van der Waals surface area contributed by atoms with E-state index in [9.17, 15) is 0 Å². The molecule has 2 unspecified atom stereocenters. The monoisotopic (exact) mass is 592 g/mol. The van der Waals surface area contributed by atoms with E-state index >= 15 is 0 Å². The predicted molar refractivity (Wildman–Crippen MR) is 128 cm³/mol. The van der Waals surface area contributed by atoms with Crippen LogP contribution in [0.5, 0.6) is 0 Å². The molecule has 0 aromatic carbocycles. The van der Waals surface area contributed by atoms with Gasteiger partial charge in [-0.15, -0.1) is 0 Å². The minimum atomic E-state index is 0. The summed E-state index contributed by atoms with van der Waals surface area (Å²) in [5, 5.41) is 1.82. The fourth-order valence-corrected chi connectivity index (χ4v) is 12.9. The molecule has 1 saturated carbocycles. The van der Waals surface area contributed by atoms with Crippen LogP contribution in [0, 0.1) is 18.3 Å². The molecular formula is C24H49IrP2-. The topological polar surface area (TPSA) is 0 Å². The van der Waals surface area contributed by atoms with Crippen LogP contribution in [0.15, 0.2) is 0 Å². The maximum atomic E-state index is 2.82. The summed E-state index contributed by atoms with van der Waals surface area (Å²) < 4.78 is 0. The van der Waals surface area contributed by atoms with E-state index in [0.29, 0.717) is 20.6 Å². The third kappa shape index (κ3) is 9.46. The molecule has 1 rings (SSSR count). The van der Waals surface area contributed by atoms with Crippen LogP contribution >= 0.6 is 15.8 Å². The molecule has 1 fully saturated rings. The van der Waals surface area contributed by atoms with Crippen LogP contribution in [0.25, 0.3) is 0 Å². The number of hydrogen-bond acceptors (Lipinski definition) is 0. The molecule has 1 aliphatic rings. The third-order valence-electron chi connectivity index (χ3n) is 5.77. The second kappa shape index (κ2) is 10.2. The van der Waals surface area contributed by atoms with E-state index in [4.69, 9.17) is 0 Å². The standard InChI is InChI=1S/C24H49P2.Ir/c1-21(2,3)25(22(4,5)6)17-19-14-13-15-20(16-19)18-26(23(7,8)9)24(10,11)12;/h16,19-20H,13-15,17-18H2,1-12H3;/q-1;. The van der Waals surface area contributed by atoms with Gasteiger partial charge < -0.3 is 6.42 Å². The first-order valence-corrected chi connectivity index (χ1v) is 13.9. The minimum absolute atomic E-state index is 0. The van der Waals surface area contributed by atoms with E-state index in [1.807, 2.05) is 0 Å². The zero-order chi connectivity index (χ0) is 20.6. The summed E-state index contributed by atoms with van der Waals surface area (Å²) in [6.07, 6.45) is 10.0. The second-order valence-electron chi connectivity index (χ2n) is 12.5. The summed E-state index contributed by atoms with van der Waals surface area (Å²) in [7, 11) is 0.0478. The van der Waals surface area contributed by atoms with Crippen molar-refractivity contribution in [2.45, 2.75) is 123 Å². The van der Waals surface area contributed by atoms with Crippen molar-refractivity contribution in [3.63, 3.8) is 0 Å². The average molecular weight is 592 g/mol. The van der Waals surface area contributed by atoms with Crippen LogP contribution in [0.1, 0.15) is 102 Å². The van der Waals surface area contributed by atoms with Gasteiger partial charge in [-0.25, -0.2) is 0 Å². The molecule has 0 saturated heterocycles. The molecule has 0 N–H and O–H groups in total. The predicted octanol–water partition coefficient (Wildman–Crippen LogP) is 8.76. The Morgan fingerprint density at radius 3 is 1.07 bits per heavy atom. The van der Waals surface area contributed by atoms with Gasteiger partial charge >= 0.3 is 0 Å². The Morgan fingerprint density at radius 2 is 0.852 bits per heavy atom. The van der Waals surface area contributed by atoms with Gasteiger partial charge in [-0.1, -0.05) is 131 Å². The van der Waals surface area contributed by atoms with Crippen LogP contribution < -0.4 is 0 Å². The molecular weight excluding hydrogens is 542 g/mol. The van der Waals surface area contributed by atoms with Crippen molar-refractivity contribution in [1.29, 1.82) is 0 Å². The summed E-state index contributed by atoms with van der Waals surface area (Å²) in [6.45, 7) is 29.7. The Bertz CT molecular complexity index is 363. The molecule has 0 nitrogen and oxygen atoms in total. The van der Waals surface area contributed by atoms with Crippen LogP contribution in [0.3, 0.4) is 0 Å². The number of hydrogen-bond donors (Lipinski definition) is 0. The fraction of sp³-hybridized carbons (Fsp3) is 0.958. The fourth-order valence-electron chi connectivity index (χ4n) is 5.10. The van der Waals surface area contributed by atoms with Gasteiger partial charge in [-0.2, -0.15) is 11.8 Å². The summed E-state index contributed by atoms with van der Waals surface area (Å²) in [6, 6.07) is 0. The Hall–Kier alpha value is 1.51. The van der Waals surface area contributed by atoms with E-state index in [2.05, 4.69) is 89.5 Å². The molecule has 0 heterocycles. The number of rotatable bonds is 4. The van der Waals surface area contributed by atoms with Crippen LogP contribution in [-0.4, -0.2) is 32.9 Å². The molecule has 27 heavy (non-hydrogen) atoms. The molecule has 0 bridgehead atoms. The first-order valence-electron chi connectivity index (χ1n) is 10.8. The Balaban J connectivity index is 0.00000676. The average Bonchev–Trinajstić information content (AvgIpc) is 2.37. The molecule has 2 atom stereocenters. The largest absolute Gasteiger partial charge is 0.322 e. The summed E-state index contributed by atoms with van der Waals surface area (Å²) in [4.78, 5) is 0. The van der Waals surface area contributed by atoms with Crippen molar-refractivity contribution in [3.8, 4) is 0 Å². The van der Waals surface area contributed by atoms with E-state index in [-0.39, 0.29) is 35.9 Å². The summed E-state index contributed by atoms with van der Waals surface area (Å²) >= 11 is 0. The van der Waals surface area contributed by atoms with Gasteiger partial charge in [-0.3, -0.25) is 0 Å². The quantitative estimate of drug-likeness (QED) is 0.227. The molecule has 0 aromatic heterocycles. The van der Waals surface area contributed by atoms with Gasteiger partial charge in [-0.05, 0) is 20.6 Å². The molecule has 0 spiro atoms. The van der Waals surface area contributed by atoms with E-state index in [1.54, 1.807) is 0 Å². The van der Waals surface area contributed by atoms with Crippen LogP contribution in [-0.2, 0) is 20.1 Å². The Kier molecular flexibility index (Phi) is 10.8. The van der Waals surface area contributed by atoms with Crippen molar-refractivity contribution in [2.75, 3.05) is 12.3 Å². The van der Waals surface area contributed by atoms with Crippen molar-refractivity contribution in [2.24, 2.45) is 11.8 Å². The van der Waals surface area contributed by atoms with Crippen molar-refractivity contribution in [3.05, 3.63) is 6.42 Å². The van der Waals surface area contributed by atoms with Crippen LogP contribution in [0.2, 0.25) is 0 Å². The Morgan fingerprint density at radius 1 is 0.593 bits per heavy atom. The van der Waals surface area contributed by atoms with Gasteiger partial charge in [0, 0.05) is 20.1 Å². The summed E-state index contributed by atoms with van der Waals surface area (Å²) in [5.41, 5.74) is 0. The Labute approximate surface area is 189 Å². The maximum absolute atomic E-state index is 2.82. The third-order valence-corrected chi connectivity index (χ3v) is 13.9. The van der Waals surface area contributed by atoms with Gasteiger partial charge in [0.15, 0.2) is 0 Å².